The van der Waals surface area contributed by atoms with Crippen molar-refractivity contribution in [3.63, 3.8) is 0 Å². The third kappa shape index (κ3) is 3.54. The summed E-state index contributed by atoms with van der Waals surface area (Å²) in [5.41, 5.74) is 2.60. The van der Waals surface area contributed by atoms with E-state index in [2.05, 4.69) is 21.2 Å². The van der Waals surface area contributed by atoms with E-state index < -0.39 is 4.92 Å². The number of benzene rings is 2. The van der Waals surface area contributed by atoms with Crippen LogP contribution in [0, 0.1) is 17.0 Å². The number of rotatable bonds is 4. The van der Waals surface area contributed by atoms with E-state index >= 15 is 0 Å². The Morgan fingerprint density at radius 1 is 1.33 bits per heavy atom. The zero-order chi connectivity index (χ0) is 15.6. The van der Waals surface area contributed by atoms with Gasteiger partial charge in [-0.2, -0.15) is 0 Å². The lowest BCUT2D eigenvalue weighted by atomic mass is 10.1. The Balaban J connectivity index is 2.30. The molecule has 0 aliphatic rings. The van der Waals surface area contributed by atoms with Crippen molar-refractivity contribution in [1.82, 2.24) is 0 Å². The molecule has 0 aliphatic heterocycles. The Kier molecular flexibility index (Phi) is 4.85. The summed E-state index contributed by atoms with van der Waals surface area (Å²) in [5, 5.41) is 14.3. The van der Waals surface area contributed by atoms with Crippen LogP contribution in [0.3, 0.4) is 0 Å². The van der Waals surface area contributed by atoms with Gasteiger partial charge in [-0.25, -0.2) is 0 Å². The van der Waals surface area contributed by atoms with Crippen LogP contribution >= 0.6 is 27.5 Å². The van der Waals surface area contributed by atoms with Crippen molar-refractivity contribution in [2.24, 2.45) is 0 Å². The monoisotopic (exact) mass is 368 g/mol. The molecule has 0 fully saturated rings. The van der Waals surface area contributed by atoms with Gasteiger partial charge in [0.2, 0.25) is 0 Å². The highest BCUT2D eigenvalue weighted by atomic mass is 79.9. The average Bonchev–Trinajstić information content (AvgIpc) is 2.42. The van der Waals surface area contributed by atoms with Crippen molar-refractivity contribution in [1.29, 1.82) is 0 Å². The Morgan fingerprint density at radius 3 is 2.62 bits per heavy atom. The molecule has 0 aliphatic carbocycles. The van der Waals surface area contributed by atoms with E-state index in [9.17, 15) is 10.1 Å². The molecule has 0 spiro atoms. The van der Waals surface area contributed by atoms with E-state index in [1.54, 1.807) is 6.07 Å². The van der Waals surface area contributed by atoms with Crippen LogP contribution in [0.5, 0.6) is 0 Å². The summed E-state index contributed by atoms with van der Waals surface area (Å²) >= 11 is 9.48. The molecular formula is C15H14BrClN2O2. The van der Waals surface area contributed by atoms with Crippen LogP contribution in [0.2, 0.25) is 5.02 Å². The maximum atomic E-state index is 10.9. The second kappa shape index (κ2) is 6.45. The number of halogens is 2. The molecule has 0 saturated carbocycles. The first-order valence-corrected chi connectivity index (χ1v) is 7.52. The second-order valence-corrected chi connectivity index (χ2v) is 6.02. The molecular weight excluding hydrogens is 356 g/mol. The first kappa shape index (κ1) is 15.8. The average molecular weight is 370 g/mol. The number of aryl methyl sites for hydroxylation is 1. The molecule has 0 aromatic heterocycles. The van der Waals surface area contributed by atoms with Gasteiger partial charge in [0.1, 0.15) is 5.02 Å². The van der Waals surface area contributed by atoms with Gasteiger partial charge in [0.05, 0.1) is 4.92 Å². The molecule has 0 bridgehead atoms. The van der Waals surface area contributed by atoms with Gasteiger partial charge in [-0.1, -0.05) is 45.7 Å². The number of nitro groups is 1. The standard InChI is InChI=1S/C15H14BrClN2O2/c1-9-7-15(19(20)21)13(17)8-14(9)18-10(2)11-5-3-4-6-12(11)16/h3-8,10,18H,1-2H3. The Bertz CT molecular complexity index is 691. The predicted molar refractivity (Wildman–Crippen MR) is 89.0 cm³/mol. The molecule has 2 aromatic rings. The zero-order valence-corrected chi connectivity index (χ0v) is 13.9. The van der Waals surface area contributed by atoms with E-state index in [1.807, 2.05) is 38.1 Å². The molecule has 0 saturated heterocycles. The minimum atomic E-state index is -0.476. The summed E-state index contributed by atoms with van der Waals surface area (Å²) < 4.78 is 1.01. The van der Waals surface area contributed by atoms with Crippen LogP contribution in [-0.2, 0) is 0 Å². The molecule has 1 N–H and O–H groups in total. The second-order valence-electron chi connectivity index (χ2n) is 4.76. The quantitative estimate of drug-likeness (QED) is 0.572. The third-order valence-corrected chi connectivity index (χ3v) is 4.26. The highest BCUT2D eigenvalue weighted by Crippen LogP contribution is 2.33. The van der Waals surface area contributed by atoms with Crippen LogP contribution in [0.1, 0.15) is 24.1 Å². The van der Waals surface area contributed by atoms with Gasteiger partial charge in [0.15, 0.2) is 0 Å². The smallest absolute Gasteiger partial charge is 0.288 e. The number of nitrogens with zero attached hydrogens (tertiary/aromatic N) is 1. The number of hydrogen-bond acceptors (Lipinski definition) is 3. The van der Waals surface area contributed by atoms with Crippen molar-refractivity contribution >= 4 is 38.9 Å². The molecule has 1 unspecified atom stereocenters. The normalized spacial score (nSPS) is 12.0. The Labute approximate surface area is 136 Å². The lowest BCUT2D eigenvalue weighted by molar-refractivity contribution is -0.384. The molecule has 4 nitrogen and oxygen atoms in total. The van der Waals surface area contributed by atoms with E-state index in [-0.39, 0.29) is 16.8 Å². The lowest BCUT2D eigenvalue weighted by Gasteiger charge is -2.19. The molecule has 1 atom stereocenters. The fourth-order valence-electron chi connectivity index (χ4n) is 2.10. The fraction of sp³-hybridized carbons (Fsp3) is 0.200. The maximum absolute atomic E-state index is 10.9. The summed E-state index contributed by atoms with van der Waals surface area (Å²) in [6.45, 7) is 3.84. The lowest BCUT2D eigenvalue weighted by Crippen LogP contribution is -2.08. The molecule has 21 heavy (non-hydrogen) atoms. The maximum Gasteiger partial charge on any atom is 0.288 e. The summed E-state index contributed by atoms with van der Waals surface area (Å²) in [6, 6.07) is 11.0. The molecule has 0 amide bonds. The SMILES string of the molecule is Cc1cc([N+](=O)[O-])c(Cl)cc1NC(C)c1ccccc1Br. The highest BCUT2D eigenvalue weighted by Gasteiger charge is 2.16. The first-order chi connectivity index (χ1) is 9.90. The van der Waals surface area contributed by atoms with E-state index in [0.717, 1.165) is 21.3 Å². The van der Waals surface area contributed by atoms with Gasteiger partial charge in [-0.05, 0) is 37.1 Å². The van der Waals surface area contributed by atoms with Crippen LogP contribution in [0.25, 0.3) is 0 Å². The van der Waals surface area contributed by atoms with Gasteiger partial charge in [0.25, 0.3) is 5.69 Å². The summed E-state index contributed by atoms with van der Waals surface area (Å²) in [4.78, 5) is 10.4. The van der Waals surface area contributed by atoms with E-state index in [1.165, 1.54) is 6.07 Å². The molecule has 6 heteroatoms. The van der Waals surface area contributed by atoms with Crippen LogP contribution in [-0.4, -0.2) is 4.92 Å². The van der Waals surface area contributed by atoms with Gasteiger partial charge < -0.3 is 5.32 Å². The van der Waals surface area contributed by atoms with Gasteiger partial charge in [0, 0.05) is 22.3 Å². The van der Waals surface area contributed by atoms with Crippen molar-refractivity contribution in [3.8, 4) is 0 Å². The predicted octanol–water partition coefficient (Wildman–Crippen LogP) is 5.49. The Hall–Kier alpha value is -1.59. The highest BCUT2D eigenvalue weighted by molar-refractivity contribution is 9.10. The van der Waals surface area contributed by atoms with Gasteiger partial charge in [-0.3, -0.25) is 10.1 Å². The number of hydrogen-bond donors (Lipinski definition) is 1. The van der Waals surface area contributed by atoms with Gasteiger partial charge >= 0.3 is 0 Å². The van der Waals surface area contributed by atoms with Crippen molar-refractivity contribution in [3.05, 3.63) is 67.1 Å². The number of nitrogens with one attached hydrogen (secondary N) is 1. The van der Waals surface area contributed by atoms with Gasteiger partial charge in [-0.15, -0.1) is 0 Å². The summed E-state index contributed by atoms with van der Waals surface area (Å²) in [6.07, 6.45) is 0. The minimum absolute atomic E-state index is 0.0387. The molecule has 2 aromatic carbocycles. The summed E-state index contributed by atoms with van der Waals surface area (Å²) in [5.74, 6) is 0. The minimum Gasteiger partial charge on any atom is -0.378 e. The van der Waals surface area contributed by atoms with Crippen LogP contribution < -0.4 is 5.32 Å². The van der Waals surface area contributed by atoms with Crippen molar-refractivity contribution in [2.45, 2.75) is 19.9 Å². The zero-order valence-electron chi connectivity index (χ0n) is 11.6. The summed E-state index contributed by atoms with van der Waals surface area (Å²) in [7, 11) is 0. The van der Waals surface area contributed by atoms with E-state index in [0.29, 0.717) is 0 Å². The number of nitro benzene ring substituents is 1. The fourth-order valence-corrected chi connectivity index (χ4v) is 2.96. The number of anilines is 1. The third-order valence-electron chi connectivity index (χ3n) is 3.23. The molecule has 0 heterocycles. The molecule has 110 valence electrons. The first-order valence-electron chi connectivity index (χ1n) is 6.35. The Morgan fingerprint density at radius 2 is 2.00 bits per heavy atom. The molecule has 0 radical (unpaired) electrons. The van der Waals surface area contributed by atoms with Crippen molar-refractivity contribution < 1.29 is 4.92 Å². The van der Waals surface area contributed by atoms with Crippen molar-refractivity contribution in [2.75, 3.05) is 5.32 Å². The van der Waals surface area contributed by atoms with Crippen LogP contribution in [0.15, 0.2) is 40.9 Å². The van der Waals surface area contributed by atoms with E-state index in [4.69, 9.17) is 11.6 Å². The largest absolute Gasteiger partial charge is 0.378 e. The van der Waals surface area contributed by atoms with Crippen LogP contribution in [0.4, 0.5) is 11.4 Å². The molecule has 2 rings (SSSR count). The topological polar surface area (TPSA) is 55.2 Å².